The fraction of sp³-hybridized carbons (Fsp3) is 0.167. The van der Waals surface area contributed by atoms with Gasteiger partial charge in [-0.1, -0.05) is 18.2 Å². The molecule has 0 atom stereocenters. The topological polar surface area (TPSA) is 81.1 Å². The molecule has 1 amide bonds. The summed E-state index contributed by atoms with van der Waals surface area (Å²) in [5.74, 6) is -0.256. The number of carbonyl (C=O) groups is 1. The van der Waals surface area contributed by atoms with Crippen molar-refractivity contribution in [2.75, 3.05) is 0 Å². The number of imidazole rings is 1. The molecule has 88 valence electrons. The van der Waals surface area contributed by atoms with E-state index < -0.39 is 5.91 Å². The predicted molar refractivity (Wildman–Crippen MR) is 62.6 cm³/mol. The molecule has 5 heteroatoms. The Morgan fingerprint density at radius 2 is 2.18 bits per heavy atom. The number of amides is 1. The van der Waals surface area contributed by atoms with Gasteiger partial charge in [-0.3, -0.25) is 4.79 Å². The fourth-order valence-electron chi connectivity index (χ4n) is 1.58. The summed E-state index contributed by atoms with van der Waals surface area (Å²) in [7, 11) is 0. The van der Waals surface area contributed by atoms with Crippen molar-refractivity contribution in [2.24, 2.45) is 5.73 Å². The molecular weight excluding hydrogens is 218 g/mol. The molecule has 2 aromatic rings. The Hall–Kier alpha value is -2.30. The molecule has 0 aliphatic rings. The van der Waals surface area contributed by atoms with Crippen LogP contribution in [-0.2, 0) is 13.0 Å². The molecule has 2 rings (SSSR count). The van der Waals surface area contributed by atoms with Crippen molar-refractivity contribution in [1.29, 1.82) is 0 Å². The van der Waals surface area contributed by atoms with E-state index in [1.54, 1.807) is 29.2 Å². The number of nitrogens with zero attached hydrogens (tertiary/aromatic N) is 2. The number of rotatable bonds is 4. The monoisotopic (exact) mass is 231 g/mol. The molecule has 5 nitrogen and oxygen atoms in total. The van der Waals surface area contributed by atoms with Crippen molar-refractivity contribution < 1.29 is 9.90 Å². The molecule has 0 unspecified atom stereocenters. The molecule has 0 bridgehead atoms. The molecule has 3 N–H and O–H groups in total. The quantitative estimate of drug-likeness (QED) is 0.821. The third kappa shape index (κ3) is 2.63. The number of para-hydroxylation sites is 1. The smallest absolute Gasteiger partial charge is 0.268 e. The van der Waals surface area contributed by atoms with Crippen LogP contribution in [0, 0.1) is 0 Å². The zero-order chi connectivity index (χ0) is 12.3. The van der Waals surface area contributed by atoms with Crippen molar-refractivity contribution in [1.82, 2.24) is 9.55 Å². The van der Waals surface area contributed by atoms with Gasteiger partial charge in [0, 0.05) is 12.7 Å². The zero-order valence-corrected chi connectivity index (χ0v) is 9.21. The van der Waals surface area contributed by atoms with Gasteiger partial charge in [-0.25, -0.2) is 4.98 Å². The first-order valence-electron chi connectivity index (χ1n) is 5.25. The molecule has 0 aliphatic heterocycles. The van der Waals surface area contributed by atoms with E-state index in [4.69, 9.17) is 5.73 Å². The summed E-state index contributed by atoms with van der Waals surface area (Å²) in [4.78, 5) is 14.7. The number of aromatic hydroxyl groups is 1. The Kier molecular flexibility index (Phi) is 3.09. The summed E-state index contributed by atoms with van der Waals surface area (Å²) < 4.78 is 1.77. The van der Waals surface area contributed by atoms with E-state index in [9.17, 15) is 9.90 Å². The number of nitrogens with two attached hydrogens (primary N) is 1. The van der Waals surface area contributed by atoms with E-state index >= 15 is 0 Å². The Morgan fingerprint density at radius 3 is 2.82 bits per heavy atom. The molecule has 0 saturated heterocycles. The maximum Gasteiger partial charge on any atom is 0.268 e. The molecule has 1 aromatic carbocycles. The summed E-state index contributed by atoms with van der Waals surface area (Å²) in [5, 5.41) is 9.58. The number of carbonyl (C=O) groups excluding carboxylic acids is 1. The van der Waals surface area contributed by atoms with Crippen LogP contribution in [0.5, 0.6) is 5.75 Å². The Balaban J connectivity index is 2.02. The molecule has 0 aliphatic carbocycles. The van der Waals surface area contributed by atoms with Crippen molar-refractivity contribution in [3.05, 3.63) is 48.0 Å². The van der Waals surface area contributed by atoms with Gasteiger partial charge in [-0.2, -0.15) is 0 Å². The van der Waals surface area contributed by atoms with E-state index in [1.165, 1.54) is 0 Å². The van der Waals surface area contributed by atoms with Gasteiger partial charge in [0.25, 0.3) is 5.91 Å². The van der Waals surface area contributed by atoms with Gasteiger partial charge >= 0.3 is 0 Å². The van der Waals surface area contributed by atoms with Gasteiger partial charge < -0.3 is 15.4 Å². The van der Waals surface area contributed by atoms with E-state index in [-0.39, 0.29) is 11.4 Å². The van der Waals surface area contributed by atoms with Crippen LogP contribution in [-0.4, -0.2) is 20.6 Å². The first-order chi connectivity index (χ1) is 8.16. The van der Waals surface area contributed by atoms with Crippen molar-refractivity contribution >= 4 is 5.91 Å². The van der Waals surface area contributed by atoms with Gasteiger partial charge in [0.1, 0.15) is 11.4 Å². The second-order valence-electron chi connectivity index (χ2n) is 3.74. The first kappa shape index (κ1) is 11.2. The third-order valence-electron chi connectivity index (χ3n) is 2.52. The lowest BCUT2D eigenvalue weighted by Crippen LogP contribution is -2.11. The SMILES string of the molecule is NC(=O)c1cn(CCc2ccccc2O)cn1. The van der Waals surface area contributed by atoms with E-state index in [2.05, 4.69) is 4.98 Å². The molecule has 0 spiro atoms. The van der Waals surface area contributed by atoms with Crippen LogP contribution in [0.4, 0.5) is 0 Å². The lowest BCUT2D eigenvalue weighted by atomic mass is 10.1. The second-order valence-corrected chi connectivity index (χ2v) is 3.74. The Labute approximate surface area is 98.5 Å². The molecule has 0 saturated carbocycles. The lowest BCUT2D eigenvalue weighted by molar-refractivity contribution is 0.0996. The predicted octanol–water partition coefficient (Wildman–Crippen LogP) is 0.930. The maximum absolute atomic E-state index is 10.8. The highest BCUT2D eigenvalue weighted by atomic mass is 16.3. The van der Waals surface area contributed by atoms with Crippen LogP contribution >= 0.6 is 0 Å². The van der Waals surface area contributed by atoms with Crippen LogP contribution in [0.2, 0.25) is 0 Å². The highest BCUT2D eigenvalue weighted by Crippen LogP contribution is 2.16. The number of phenolic OH excluding ortho intramolecular Hbond substituents is 1. The summed E-state index contributed by atoms with van der Waals surface area (Å²) in [6.45, 7) is 0.637. The van der Waals surface area contributed by atoms with Gasteiger partial charge in [-0.15, -0.1) is 0 Å². The van der Waals surface area contributed by atoms with E-state index in [0.29, 0.717) is 13.0 Å². The molecule has 0 radical (unpaired) electrons. The standard InChI is InChI=1S/C12H13N3O2/c13-12(17)10-7-15(8-14-10)6-5-9-3-1-2-4-11(9)16/h1-4,7-8,16H,5-6H2,(H2,13,17). The maximum atomic E-state index is 10.8. The third-order valence-corrected chi connectivity index (χ3v) is 2.52. The van der Waals surface area contributed by atoms with Crippen molar-refractivity contribution in [3.63, 3.8) is 0 Å². The minimum Gasteiger partial charge on any atom is -0.508 e. The fourth-order valence-corrected chi connectivity index (χ4v) is 1.58. The number of phenols is 1. The average Bonchev–Trinajstić information content (AvgIpc) is 2.77. The Morgan fingerprint density at radius 1 is 1.41 bits per heavy atom. The van der Waals surface area contributed by atoms with Crippen molar-refractivity contribution in [2.45, 2.75) is 13.0 Å². The van der Waals surface area contributed by atoms with Gasteiger partial charge in [0.15, 0.2) is 0 Å². The van der Waals surface area contributed by atoms with Crippen LogP contribution in [0.3, 0.4) is 0 Å². The van der Waals surface area contributed by atoms with Gasteiger partial charge in [-0.05, 0) is 18.1 Å². The number of hydrogen-bond acceptors (Lipinski definition) is 3. The normalized spacial score (nSPS) is 10.4. The van der Waals surface area contributed by atoms with Crippen LogP contribution < -0.4 is 5.73 Å². The Bertz CT molecular complexity index is 534. The first-order valence-corrected chi connectivity index (χ1v) is 5.25. The number of aryl methyl sites for hydroxylation is 2. The summed E-state index contributed by atoms with van der Waals surface area (Å²) >= 11 is 0. The highest BCUT2D eigenvalue weighted by Gasteiger charge is 2.05. The summed E-state index contributed by atoms with van der Waals surface area (Å²) in [6.07, 6.45) is 3.82. The molecular formula is C12H13N3O2. The molecule has 0 fully saturated rings. The van der Waals surface area contributed by atoms with Crippen LogP contribution in [0.25, 0.3) is 0 Å². The van der Waals surface area contributed by atoms with Crippen LogP contribution in [0.1, 0.15) is 16.1 Å². The largest absolute Gasteiger partial charge is 0.508 e. The van der Waals surface area contributed by atoms with Gasteiger partial charge in [0.05, 0.1) is 6.33 Å². The average molecular weight is 231 g/mol. The molecule has 1 aromatic heterocycles. The molecule has 17 heavy (non-hydrogen) atoms. The minimum atomic E-state index is -0.536. The summed E-state index contributed by atoms with van der Waals surface area (Å²) in [5.41, 5.74) is 6.22. The lowest BCUT2D eigenvalue weighted by Gasteiger charge is -2.04. The minimum absolute atomic E-state index is 0.252. The van der Waals surface area contributed by atoms with Crippen LogP contribution in [0.15, 0.2) is 36.8 Å². The highest BCUT2D eigenvalue weighted by molar-refractivity contribution is 5.90. The number of benzene rings is 1. The van der Waals surface area contributed by atoms with Gasteiger partial charge in [0.2, 0.25) is 0 Å². The number of hydrogen-bond donors (Lipinski definition) is 2. The second kappa shape index (κ2) is 4.69. The number of aromatic nitrogens is 2. The molecule has 1 heterocycles. The summed E-state index contributed by atoms with van der Waals surface area (Å²) in [6, 6.07) is 7.17. The number of primary amides is 1. The van der Waals surface area contributed by atoms with E-state index in [1.807, 2.05) is 12.1 Å². The van der Waals surface area contributed by atoms with E-state index in [0.717, 1.165) is 5.56 Å². The van der Waals surface area contributed by atoms with Crippen molar-refractivity contribution in [3.8, 4) is 5.75 Å². The zero-order valence-electron chi connectivity index (χ0n) is 9.21.